The van der Waals surface area contributed by atoms with Gasteiger partial charge in [-0.15, -0.1) is 0 Å². The number of benzene rings is 2. The van der Waals surface area contributed by atoms with Crippen LogP contribution in [0.5, 0.6) is 0 Å². The van der Waals surface area contributed by atoms with Gasteiger partial charge in [-0.2, -0.15) is 0 Å². The van der Waals surface area contributed by atoms with Crippen molar-refractivity contribution in [2.24, 2.45) is 11.8 Å². The third-order valence-corrected chi connectivity index (χ3v) is 6.30. The largest absolute Gasteiger partial charge is 0.329 e. The van der Waals surface area contributed by atoms with Gasteiger partial charge in [-0.25, -0.2) is 0 Å². The summed E-state index contributed by atoms with van der Waals surface area (Å²) in [6.07, 6.45) is 7.19. The van der Waals surface area contributed by atoms with Crippen LogP contribution in [0.1, 0.15) is 36.8 Å². The Labute approximate surface area is 180 Å². The van der Waals surface area contributed by atoms with Gasteiger partial charge in [-0.3, -0.25) is 4.79 Å². The molecule has 3 nitrogen and oxygen atoms in total. The summed E-state index contributed by atoms with van der Waals surface area (Å²) in [5.74, 6) is 1.60. The number of halogens is 1. The molecule has 29 heavy (non-hydrogen) atoms. The van der Waals surface area contributed by atoms with E-state index in [0.29, 0.717) is 5.92 Å². The van der Waals surface area contributed by atoms with Crippen molar-refractivity contribution in [2.45, 2.75) is 38.5 Å². The third kappa shape index (κ3) is 7.83. The first-order chi connectivity index (χ1) is 14.2. The molecule has 0 aliphatic carbocycles. The lowest BCUT2D eigenvalue weighted by Gasteiger charge is -2.30. The summed E-state index contributed by atoms with van der Waals surface area (Å²) in [7, 11) is 0. The molecule has 156 valence electrons. The highest BCUT2D eigenvalue weighted by Crippen LogP contribution is 2.22. The lowest BCUT2D eigenvalue weighted by atomic mass is 9.90. The number of nitrogens with zero attached hydrogens (tertiary/aromatic N) is 1. The first-order valence-corrected chi connectivity index (χ1v) is 11.3. The number of hydrogen-bond acceptors (Lipinski definition) is 2. The maximum absolute atomic E-state index is 11.0. The normalized spacial score (nSPS) is 18.0. The summed E-state index contributed by atoms with van der Waals surface area (Å²) < 4.78 is 0. The fourth-order valence-electron chi connectivity index (χ4n) is 4.29. The molecule has 1 N–H and O–H groups in total. The van der Waals surface area contributed by atoms with E-state index in [1.807, 2.05) is 6.07 Å². The molecule has 0 unspecified atom stereocenters. The Bertz CT molecular complexity index is 708. The Balaban J connectivity index is 0.000000169. The molecule has 2 saturated heterocycles. The van der Waals surface area contributed by atoms with Crippen molar-refractivity contribution in [3.63, 3.8) is 0 Å². The first kappa shape index (κ1) is 21.9. The molecule has 0 saturated carbocycles. The highest BCUT2D eigenvalue weighted by molar-refractivity contribution is 6.62. The van der Waals surface area contributed by atoms with E-state index < -0.39 is 0 Å². The summed E-state index contributed by atoms with van der Waals surface area (Å²) in [5, 5.41) is 3.09. The van der Waals surface area contributed by atoms with Crippen molar-refractivity contribution < 1.29 is 4.79 Å². The monoisotopic (exact) mass is 412 g/mol. The van der Waals surface area contributed by atoms with Crippen LogP contribution in [0.2, 0.25) is 0 Å². The highest BCUT2D eigenvalue weighted by Gasteiger charge is 2.21. The summed E-state index contributed by atoms with van der Waals surface area (Å²) in [6, 6.07) is 21.4. The molecule has 2 fully saturated rings. The quantitative estimate of drug-likeness (QED) is 0.529. The van der Waals surface area contributed by atoms with E-state index in [0.717, 1.165) is 38.3 Å². The van der Waals surface area contributed by atoms with Gasteiger partial charge >= 0.3 is 5.37 Å². The third-order valence-electron chi connectivity index (χ3n) is 6.06. The van der Waals surface area contributed by atoms with Crippen molar-refractivity contribution in [3.05, 3.63) is 71.8 Å². The molecule has 0 radical (unpaired) electrons. The zero-order chi connectivity index (χ0) is 20.3. The van der Waals surface area contributed by atoms with E-state index in [2.05, 4.69) is 59.9 Å². The summed E-state index contributed by atoms with van der Waals surface area (Å²) in [5.41, 5.74) is 2.88. The Morgan fingerprint density at radius 2 is 1.24 bits per heavy atom. The van der Waals surface area contributed by atoms with Crippen LogP contribution in [0, 0.1) is 11.8 Å². The van der Waals surface area contributed by atoms with Crippen LogP contribution in [0.4, 0.5) is 4.79 Å². The van der Waals surface area contributed by atoms with Crippen LogP contribution < -0.4 is 5.32 Å². The van der Waals surface area contributed by atoms with Gasteiger partial charge < -0.3 is 10.2 Å². The number of piperidine rings is 2. The maximum atomic E-state index is 11.0. The summed E-state index contributed by atoms with van der Waals surface area (Å²) >= 11 is 5.45. The lowest BCUT2D eigenvalue weighted by molar-refractivity contribution is 0.191. The number of amides is 1. The Morgan fingerprint density at radius 1 is 0.793 bits per heavy atom. The minimum Gasteiger partial charge on any atom is -0.329 e. The first-order valence-electron chi connectivity index (χ1n) is 10.9. The zero-order valence-corrected chi connectivity index (χ0v) is 18.0. The molecular weight excluding hydrogens is 380 g/mol. The lowest BCUT2D eigenvalue weighted by Crippen LogP contribution is -2.35. The second-order valence-corrected chi connectivity index (χ2v) is 8.58. The molecule has 2 heterocycles. The number of rotatable bonds is 4. The van der Waals surface area contributed by atoms with Gasteiger partial charge in [0.05, 0.1) is 0 Å². The van der Waals surface area contributed by atoms with Crippen molar-refractivity contribution in [1.29, 1.82) is 0 Å². The standard InChI is InChI=1S/C13H16ClNO.C12H17N/c14-13(16)15-8-6-12(7-9-15)10-11-4-2-1-3-5-11;1-2-4-11(5-3-1)10-12-6-8-13-9-7-12/h1-5,12H,6-10H2;1-5,12-13H,6-10H2. The SMILES string of the molecule is O=C(Cl)N1CCC(Cc2ccccc2)CC1.c1ccc(CC2CCNCC2)cc1. The number of nitrogens with one attached hydrogen (secondary N) is 1. The Morgan fingerprint density at radius 3 is 1.69 bits per heavy atom. The average Bonchev–Trinajstić information content (AvgIpc) is 2.77. The second kappa shape index (κ2) is 12.0. The molecule has 2 aliphatic heterocycles. The van der Waals surface area contributed by atoms with Crippen LogP contribution in [0.25, 0.3) is 0 Å². The van der Waals surface area contributed by atoms with Crippen LogP contribution in [0.3, 0.4) is 0 Å². The molecule has 4 heteroatoms. The van der Waals surface area contributed by atoms with Gasteiger partial charge in [-0.1, -0.05) is 60.7 Å². The Kier molecular flexibility index (Phi) is 9.04. The number of carbonyl (C=O) groups is 1. The second-order valence-electron chi connectivity index (χ2n) is 8.26. The van der Waals surface area contributed by atoms with Crippen LogP contribution in [-0.2, 0) is 12.8 Å². The van der Waals surface area contributed by atoms with Crippen LogP contribution in [-0.4, -0.2) is 36.4 Å². The predicted molar refractivity (Wildman–Crippen MR) is 121 cm³/mol. The smallest absolute Gasteiger partial charge is 0.316 e. The average molecular weight is 413 g/mol. The van der Waals surface area contributed by atoms with Crippen LogP contribution in [0.15, 0.2) is 60.7 Å². The van der Waals surface area contributed by atoms with Gasteiger partial charge in [0.15, 0.2) is 0 Å². The maximum Gasteiger partial charge on any atom is 0.316 e. The van der Waals surface area contributed by atoms with Gasteiger partial charge in [0.25, 0.3) is 0 Å². The van der Waals surface area contributed by atoms with Crippen molar-refractivity contribution in [3.8, 4) is 0 Å². The fraction of sp³-hybridized carbons (Fsp3) is 0.480. The summed E-state index contributed by atoms with van der Waals surface area (Å²) in [4.78, 5) is 12.7. The minimum atomic E-state index is -0.307. The van der Waals surface area contributed by atoms with Gasteiger partial charge in [0, 0.05) is 13.1 Å². The minimum absolute atomic E-state index is 0.307. The van der Waals surface area contributed by atoms with E-state index in [4.69, 9.17) is 11.6 Å². The van der Waals surface area contributed by atoms with Crippen molar-refractivity contribution in [2.75, 3.05) is 26.2 Å². The van der Waals surface area contributed by atoms with Gasteiger partial charge in [0.2, 0.25) is 0 Å². The Hall–Kier alpha value is -1.84. The molecule has 2 aromatic rings. The number of likely N-dealkylation sites (tertiary alicyclic amines) is 1. The number of hydrogen-bond donors (Lipinski definition) is 1. The van der Waals surface area contributed by atoms with E-state index in [9.17, 15) is 4.79 Å². The number of carbonyl (C=O) groups excluding carboxylic acids is 1. The molecule has 1 amide bonds. The molecule has 2 aliphatic rings. The predicted octanol–water partition coefficient (Wildman–Crippen LogP) is 5.53. The van der Waals surface area contributed by atoms with Crippen LogP contribution >= 0.6 is 11.6 Å². The van der Waals surface area contributed by atoms with E-state index in [-0.39, 0.29) is 5.37 Å². The molecule has 4 rings (SSSR count). The molecule has 0 bridgehead atoms. The molecule has 2 aromatic carbocycles. The van der Waals surface area contributed by atoms with Crippen molar-refractivity contribution >= 4 is 17.0 Å². The molecule has 0 spiro atoms. The van der Waals surface area contributed by atoms with E-state index in [1.165, 1.54) is 43.5 Å². The molecule has 0 aromatic heterocycles. The molecular formula is C25H33ClN2O. The van der Waals surface area contributed by atoms with E-state index >= 15 is 0 Å². The fourth-order valence-corrected chi connectivity index (χ4v) is 4.46. The topological polar surface area (TPSA) is 32.3 Å². The van der Waals surface area contributed by atoms with Gasteiger partial charge in [0.1, 0.15) is 0 Å². The van der Waals surface area contributed by atoms with E-state index in [1.54, 1.807) is 4.90 Å². The molecule has 0 atom stereocenters. The highest BCUT2D eigenvalue weighted by atomic mass is 35.5. The van der Waals surface area contributed by atoms with Gasteiger partial charge in [-0.05, 0) is 86.2 Å². The van der Waals surface area contributed by atoms with Crippen molar-refractivity contribution in [1.82, 2.24) is 10.2 Å². The zero-order valence-electron chi connectivity index (χ0n) is 17.2. The summed E-state index contributed by atoms with van der Waals surface area (Å²) in [6.45, 7) is 4.02.